The Balaban J connectivity index is 1.73. The standard InChI is InChI=1S/C20H21ClN4O3S/c1-12-16-18(19(24-20(21)23-16)25-5-7-28-8-6-25)29-17(12)14-4-2-3-13(9-14)10-22-15(27)11-26/h2-4,9,26H,5-8,10-11H2,1H3,(H,22,27). The van der Waals surface area contributed by atoms with Crippen molar-refractivity contribution < 1.29 is 14.6 Å². The lowest BCUT2D eigenvalue weighted by atomic mass is 10.1. The number of aryl methyl sites for hydroxylation is 1. The van der Waals surface area contributed by atoms with Crippen molar-refractivity contribution in [2.24, 2.45) is 0 Å². The van der Waals surface area contributed by atoms with Crippen LogP contribution in [-0.4, -0.2) is 53.9 Å². The van der Waals surface area contributed by atoms with Crippen LogP contribution >= 0.6 is 22.9 Å². The number of nitrogens with zero attached hydrogens (tertiary/aromatic N) is 3. The molecule has 0 saturated carbocycles. The van der Waals surface area contributed by atoms with E-state index in [-0.39, 0.29) is 5.28 Å². The summed E-state index contributed by atoms with van der Waals surface area (Å²) in [5.74, 6) is 0.461. The molecule has 152 valence electrons. The van der Waals surface area contributed by atoms with Gasteiger partial charge in [0.15, 0.2) is 5.82 Å². The van der Waals surface area contributed by atoms with E-state index in [4.69, 9.17) is 21.4 Å². The molecule has 1 aliphatic heterocycles. The van der Waals surface area contributed by atoms with Crippen molar-refractivity contribution >= 4 is 44.9 Å². The van der Waals surface area contributed by atoms with E-state index in [1.807, 2.05) is 31.2 Å². The van der Waals surface area contributed by atoms with Crippen molar-refractivity contribution in [1.82, 2.24) is 15.3 Å². The van der Waals surface area contributed by atoms with Crippen LogP contribution in [0.4, 0.5) is 5.82 Å². The summed E-state index contributed by atoms with van der Waals surface area (Å²) in [6, 6.07) is 7.98. The summed E-state index contributed by atoms with van der Waals surface area (Å²) in [6.07, 6.45) is 0. The van der Waals surface area contributed by atoms with Gasteiger partial charge in [-0.05, 0) is 41.3 Å². The summed E-state index contributed by atoms with van der Waals surface area (Å²) in [4.78, 5) is 23.6. The maximum Gasteiger partial charge on any atom is 0.245 e. The second-order valence-corrected chi connectivity index (χ2v) is 8.14. The Labute approximate surface area is 177 Å². The molecule has 7 nitrogen and oxygen atoms in total. The average molecular weight is 433 g/mol. The normalized spacial score (nSPS) is 14.4. The Morgan fingerprint density at radius 2 is 2.14 bits per heavy atom. The summed E-state index contributed by atoms with van der Waals surface area (Å²) in [7, 11) is 0. The molecule has 0 aliphatic carbocycles. The molecule has 0 unspecified atom stereocenters. The first-order valence-corrected chi connectivity index (χ1v) is 10.5. The number of halogens is 1. The van der Waals surface area contributed by atoms with Gasteiger partial charge in [0.1, 0.15) is 6.61 Å². The lowest BCUT2D eigenvalue weighted by Gasteiger charge is -2.28. The van der Waals surface area contributed by atoms with E-state index in [0.717, 1.165) is 50.7 Å². The number of nitrogens with one attached hydrogen (secondary N) is 1. The summed E-state index contributed by atoms with van der Waals surface area (Å²) >= 11 is 7.89. The van der Waals surface area contributed by atoms with E-state index in [1.54, 1.807) is 11.3 Å². The molecule has 3 heterocycles. The van der Waals surface area contributed by atoms with Crippen LogP contribution in [0.15, 0.2) is 24.3 Å². The Hall–Kier alpha value is -2.26. The molecule has 0 spiro atoms. The number of aliphatic hydroxyl groups excluding tert-OH is 1. The van der Waals surface area contributed by atoms with E-state index in [9.17, 15) is 4.79 Å². The molecule has 3 aromatic rings. The third-order valence-corrected chi connectivity index (χ3v) is 6.35. The third kappa shape index (κ3) is 4.20. The summed E-state index contributed by atoms with van der Waals surface area (Å²) in [5.41, 5.74) is 3.93. The van der Waals surface area contributed by atoms with Gasteiger partial charge in [0.25, 0.3) is 0 Å². The molecule has 0 radical (unpaired) electrons. The molecule has 9 heteroatoms. The largest absolute Gasteiger partial charge is 0.387 e. The number of hydrogen-bond donors (Lipinski definition) is 2. The fourth-order valence-corrected chi connectivity index (χ4v) is 4.82. The summed E-state index contributed by atoms with van der Waals surface area (Å²) in [6.45, 7) is 4.77. The van der Waals surface area contributed by atoms with Crippen LogP contribution in [0.1, 0.15) is 11.1 Å². The average Bonchev–Trinajstić information content (AvgIpc) is 3.08. The zero-order chi connectivity index (χ0) is 20.4. The Kier molecular flexibility index (Phi) is 5.96. The van der Waals surface area contributed by atoms with Gasteiger partial charge in [0.2, 0.25) is 11.2 Å². The highest BCUT2D eigenvalue weighted by molar-refractivity contribution is 7.23. The maximum absolute atomic E-state index is 11.3. The highest BCUT2D eigenvalue weighted by Gasteiger charge is 2.22. The molecule has 2 aromatic heterocycles. The minimum absolute atomic E-state index is 0.243. The van der Waals surface area contributed by atoms with E-state index in [0.29, 0.717) is 19.8 Å². The van der Waals surface area contributed by atoms with Crippen molar-refractivity contribution in [2.75, 3.05) is 37.8 Å². The highest BCUT2D eigenvalue weighted by atomic mass is 35.5. The first-order valence-electron chi connectivity index (χ1n) is 9.33. The van der Waals surface area contributed by atoms with Crippen LogP contribution in [-0.2, 0) is 16.1 Å². The maximum atomic E-state index is 11.3. The number of fused-ring (bicyclic) bond motifs is 1. The second-order valence-electron chi connectivity index (χ2n) is 6.78. The molecule has 1 saturated heterocycles. The molecule has 1 aliphatic rings. The molecule has 0 atom stereocenters. The second kappa shape index (κ2) is 8.62. The smallest absolute Gasteiger partial charge is 0.245 e. The molecule has 1 aromatic carbocycles. The van der Waals surface area contributed by atoms with E-state index in [2.05, 4.69) is 20.2 Å². The van der Waals surface area contributed by atoms with E-state index < -0.39 is 12.5 Å². The van der Waals surface area contributed by atoms with Crippen LogP contribution in [0.3, 0.4) is 0 Å². The molecule has 4 rings (SSSR count). The van der Waals surface area contributed by atoms with E-state index in [1.165, 1.54) is 0 Å². The quantitative estimate of drug-likeness (QED) is 0.603. The first-order chi connectivity index (χ1) is 14.1. The van der Waals surface area contributed by atoms with E-state index >= 15 is 0 Å². The van der Waals surface area contributed by atoms with Crippen LogP contribution < -0.4 is 10.2 Å². The van der Waals surface area contributed by atoms with Crippen LogP contribution in [0.5, 0.6) is 0 Å². The van der Waals surface area contributed by atoms with Gasteiger partial charge in [0, 0.05) is 24.5 Å². The Morgan fingerprint density at radius 1 is 1.34 bits per heavy atom. The van der Waals surface area contributed by atoms with Crippen molar-refractivity contribution in [2.45, 2.75) is 13.5 Å². The molecule has 1 fully saturated rings. The molecule has 0 bridgehead atoms. The number of carbonyl (C=O) groups is 1. The van der Waals surface area contributed by atoms with Crippen LogP contribution in [0.2, 0.25) is 5.28 Å². The van der Waals surface area contributed by atoms with Gasteiger partial charge >= 0.3 is 0 Å². The van der Waals surface area contributed by atoms with Crippen LogP contribution in [0, 0.1) is 6.92 Å². The Morgan fingerprint density at radius 3 is 2.90 bits per heavy atom. The number of carbonyl (C=O) groups excluding carboxylic acids is 1. The fraction of sp³-hybridized carbons (Fsp3) is 0.350. The molecule has 2 N–H and O–H groups in total. The SMILES string of the molecule is Cc1c(-c2cccc(CNC(=O)CO)c2)sc2c(N3CCOCC3)nc(Cl)nc12. The fourth-order valence-electron chi connectivity index (χ4n) is 3.39. The van der Waals surface area contributed by atoms with Crippen LogP contribution in [0.25, 0.3) is 20.7 Å². The molecular weight excluding hydrogens is 412 g/mol. The molecule has 1 amide bonds. The lowest BCUT2D eigenvalue weighted by Crippen LogP contribution is -2.36. The van der Waals surface area contributed by atoms with Gasteiger partial charge in [-0.1, -0.05) is 18.2 Å². The zero-order valence-corrected chi connectivity index (χ0v) is 17.5. The molecular formula is C20H21ClN4O3S. The van der Waals surface area contributed by atoms with Gasteiger partial charge in [-0.2, -0.15) is 4.98 Å². The number of ether oxygens (including phenoxy) is 1. The minimum Gasteiger partial charge on any atom is -0.387 e. The number of thiophene rings is 1. The summed E-state index contributed by atoms with van der Waals surface area (Å²) in [5, 5.41) is 11.8. The third-order valence-electron chi connectivity index (χ3n) is 4.85. The number of aromatic nitrogens is 2. The Bertz CT molecular complexity index is 1050. The van der Waals surface area contributed by atoms with Crippen molar-refractivity contribution in [3.05, 3.63) is 40.7 Å². The van der Waals surface area contributed by atoms with Gasteiger partial charge in [0.05, 0.1) is 23.4 Å². The van der Waals surface area contributed by atoms with Crippen molar-refractivity contribution in [1.29, 1.82) is 0 Å². The van der Waals surface area contributed by atoms with Gasteiger partial charge in [-0.25, -0.2) is 4.98 Å². The summed E-state index contributed by atoms with van der Waals surface area (Å²) < 4.78 is 6.48. The number of benzene rings is 1. The number of anilines is 1. The van der Waals surface area contributed by atoms with Gasteiger partial charge < -0.3 is 20.1 Å². The number of morpholine rings is 1. The molecule has 29 heavy (non-hydrogen) atoms. The number of rotatable bonds is 5. The lowest BCUT2D eigenvalue weighted by molar-refractivity contribution is -0.123. The van der Waals surface area contributed by atoms with Crippen molar-refractivity contribution in [3.8, 4) is 10.4 Å². The van der Waals surface area contributed by atoms with Gasteiger partial charge in [-0.15, -0.1) is 11.3 Å². The highest BCUT2D eigenvalue weighted by Crippen LogP contribution is 2.41. The minimum atomic E-state index is -0.515. The predicted octanol–water partition coefficient (Wildman–Crippen LogP) is 2.77. The number of aliphatic hydroxyl groups is 1. The zero-order valence-electron chi connectivity index (χ0n) is 15.9. The number of amides is 1. The van der Waals surface area contributed by atoms with Crippen molar-refractivity contribution in [3.63, 3.8) is 0 Å². The monoisotopic (exact) mass is 432 g/mol. The first kappa shape index (κ1) is 20.0. The van der Waals surface area contributed by atoms with Gasteiger partial charge in [-0.3, -0.25) is 4.79 Å². The topological polar surface area (TPSA) is 87.6 Å². The number of hydrogen-bond acceptors (Lipinski definition) is 7. The predicted molar refractivity (Wildman–Crippen MR) is 115 cm³/mol.